The first-order valence-electron chi connectivity index (χ1n) is 11.5. The van der Waals surface area contributed by atoms with Crippen LogP contribution in [0.5, 0.6) is 0 Å². The molecule has 6 nitrogen and oxygen atoms in total. The largest absolute Gasteiger partial charge is 0.460 e. The summed E-state index contributed by atoms with van der Waals surface area (Å²) in [6.45, 7) is 5.84. The first kappa shape index (κ1) is 22.9. The average molecular weight is 449 g/mol. The van der Waals surface area contributed by atoms with Gasteiger partial charge in [0.15, 0.2) is 18.2 Å². The molecule has 0 spiro atoms. The Bertz CT molecular complexity index is 1120. The van der Waals surface area contributed by atoms with Gasteiger partial charge in [-0.15, -0.1) is 0 Å². The van der Waals surface area contributed by atoms with Gasteiger partial charge in [-0.3, -0.25) is 9.59 Å². The molecule has 0 bridgehead atoms. The molecule has 0 N–H and O–H groups in total. The molecular weight excluding hydrogens is 420 g/mol. The Morgan fingerprint density at radius 1 is 0.939 bits per heavy atom. The summed E-state index contributed by atoms with van der Waals surface area (Å²) in [5, 5.41) is 0. The summed E-state index contributed by atoms with van der Waals surface area (Å²) >= 11 is 0. The Balaban J connectivity index is 1.47. The first-order valence-corrected chi connectivity index (χ1v) is 11.5. The van der Waals surface area contributed by atoms with Crippen molar-refractivity contribution in [1.82, 2.24) is 0 Å². The summed E-state index contributed by atoms with van der Waals surface area (Å²) in [6, 6.07) is 11.0. The molecule has 0 heterocycles. The number of hydrogen-bond donors (Lipinski definition) is 0. The molecule has 2 aromatic carbocycles. The molecule has 3 atom stereocenters. The van der Waals surface area contributed by atoms with Crippen LogP contribution in [0.15, 0.2) is 42.5 Å². The highest BCUT2D eigenvalue weighted by Crippen LogP contribution is 2.35. The maximum atomic E-state index is 13.1. The van der Waals surface area contributed by atoms with E-state index in [1.54, 1.807) is 24.3 Å². The number of carbonyl (C=O) groups is 4. The second-order valence-electron chi connectivity index (χ2n) is 9.36. The molecule has 33 heavy (non-hydrogen) atoms. The van der Waals surface area contributed by atoms with Crippen LogP contribution in [0.3, 0.4) is 0 Å². The van der Waals surface area contributed by atoms with Crippen molar-refractivity contribution >= 4 is 23.5 Å². The summed E-state index contributed by atoms with van der Waals surface area (Å²) < 4.78 is 10.9. The highest BCUT2D eigenvalue weighted by atomic mass is 16.6. The van der Waals surface area contributed by atoms with E-state index in [9.17, 15) is 19.2 Å². The predicted octanol–water partition coefficient (Wildman–Crippen LogP) is 4.62. The zero-order valence-electron chi connectivity index (χ0n) is 19.1. The van der Waals surface area contributed by atoms with Crippen LogP contribution >= 0.6 is 0 Å². The van der Waals surface area contributed by atoms with Gasteiger partial charge in [0, 0.05) is 22.3 Å². The Hall–Kier alpha value is -3.28. The van der Waals surface area contributed by atoms with Gasteiger partial charge in [0.1, 0.15) is 6.10 Å². The highest BCUT2D eigenvalue weighted by molar-refractivity contribution is 6.30. The van der Waals surface area contributed by atoms with E-state index in [4.69, 9.17) is 9.47 Å². The molecule has 2 aromatic rings. The van der Waals surface area contributed by atoms with Crippen LogP contribution < -0.4 is 0 Å². The van der Waals surface area contributed by atoms with Crippen LogP contribution in [0.2, 0.25) is 0 Å². The number of ether oxygens (including phenoxy) is 2. The minimum absolute atomic E-state index is 0.0144. The Labute approximate surface area is 193 Å². The number of benzene rings is 2. The van der Waals surface area contributed by atoms with Crippen LogP contribution in [0.1, 0.15) is 82.2 Å². The summed E-state index contributed by atoms with van der Waals surface area (Å²) in [5.74, 6) is -1.02. The lowest BCUT2D eigenvalue weighted by molar-refractivity contribution is -0.159. The van der Waals surface area contributed by atoms with Crippen LogP contribution in [-0.2, 0) is 14.3 Å². The van der Waals surface area contributed by atoms with Crippen molar-refractivity contribution in [1.29, 1.82) is 0 Å². The Morgan fingerprint density at radius 2 is 1.61 bits per heavy atom. The molecule has 6 heteroatoms. The number of carbonyl (C=O) groups excluding carboxylic acids is 4. The molecule has 0 aliphatic heterocycles. The van der Waals surface area contributed by atoms with Crippen LogP contribution in [-0.4, -0.2) is 36.2 Å². The summed E-state index contributed by atoms with van der Waals surface area (Å²) in [7, 11) is 0. The summed E-state index contributed by atoms with van der Waals surface area (Å²) in [5.41, 5.74) is 0.707. The monoisotopic (exact) mass is 448 g/mol. The molecule has 3 unspecified atom stereocenters. The smallest absolute Gasteiger partial charge is 0.344 e. The molecule has 172 valence electrons. The van der Waals surface area contributed by atoms with Gasteiger partial charge in [0.2, 0.25) is 0 Å². The molecule has 0 amide bonds. The van der Waals surface area contributed by atoms with E-state index < -0.39 is 24.3 Å². The van der Waals surface area contributed by atoms with E-state index in [0.29, 0.717) is 17.4 Å². The van der Waals surface area contributed by atoms with E-state index in [0.717, 1.165) is 19.3 Å². The van der Waals surface area contributed by atoms with Gasteiger partial charge in [0.05, 0.1) is 5.56 Å². The van der Waals surface area contributed by atoms with Crippen LogP contribution in [0.25, 0.3) is 0 Å². The molecule has 0 aromatic heterocycles. The van der Waals surface area contributed by atoms with Crippen molar-refractivity contribution in [2.45, 2.75) is 46.1 Å². The van der Waals surface area contributed by atoms with Crippen molar-refractivity contribution < 1.29 is 28.7 Å². The fourth-order valence-corrected chi connectivity index (χ4v) is 4.97. The number of ketones is 2. The standard InChI is InChI=1S/C27H28O6/c1-15(2)17-12-11-16(3)13-22(17)33-23(28)14-32-27(31)21-10-6-9-20-24(21)26(30)19-8-5-4-7-18(19)25(20)29/h4-10,15-17,22H,11-14H2,1-3H3. The number of rotatable bonds is 5. The van der Waals surface area contributed by atoms with Gasteiger partial charge in [-0.1, -0.05) is 63.6 Å². The van der Waals surface area contributed by atoms with Gasteiger partial charge in [-0.05, 0) is 36.7 Å². The van der Waals surface area contributed by atoms with Gasteiger partial charge in [0.25, 0.3) is 0 Å². The Kier molecular flexibility index (Phi) is 6.45. The topological polar surface area (TPSA) is 86.7 Å². The van der Waals surface area contributed by atoms with Crippen molar-refractivity contribution in [2.24, 2.45) is 17.8 Å². The van der Waals surface area contributed by atoms with Gasteiger partial charge in [-0.2, -0.15) is 0 Å². The van der Waals surface area contributed by atoms with E-state index in [2.05, 4.69) is 20.8 Å². The second kappa shape index (κ2) is 9.30. The minimum Gasteiger partial charge on any atom is -0.460 e. The number of hydrogen-bond acceptors (Lipinski definition) is 6. The average Bonchev–Trinajstić information content (AvgIpc) is 2.80. The van der Waals surface area contributed by atoms with E-state index in [-0.39, 0.29) is 40.1 Å². The number of esters is 2. The summed E-state index contributed by atoms with van der Waals surface area (Å²) in [4.78, 5) is 51.2. The lowest BCUT2D eigenvalue weighted by atomic mass is 9.75. The molecule has 4 rings (SSSR count). The highest BCUT2D eigenvalue weighted by Gasteiger charge is 2.35. The summed E-state index contributed by atoms with van der Waals surface area (Å²) in [6.07, 6.45) is 2.72. The first-order chi connectivity index (χ1) is 15.8. The third-order valence-electron chi connectivity index (χ3n) is 6.74. The normalized spacial score (nSPS) is 21.9. The quantitative estimate of drug-likeness (QED) is 0.529. The van der Waals surface area contributed by atoms with Gasteiger partial charge >= 0.3 is 11.9 Å². The SMILES string of the molecule is CC1CCC(C(C)C)C(OC(=O)COC(=O)c2cccc3c2C(=O)c2ccccc2C3=O)C1. The molecule has 1 fully saturated rings. The van der Waals surface area contributed by atoms with Crippen LogP contribution in [0.4, 0.5) is 0 Å². The van der Waals surface area contributed by atoms with Gasteiger partial charge in [-0.25, -0.2) is 9.59 Å². The number of fused-ring (bicyclic) bond motifs is 2. The fraction of sp³-hybridized carbons (Fsp3) is 0.407. The van der Waals surface area contributed by atoms with Crippen molar-refractivity contribution in [2.75, 3.05) is 6.61 Å². The fourth-order valence-electron chi connectivity index (χ4n) is 4.97. The zero-order valence-corrected chi connectivity index (χ0v) is 19.1. The van der Waals surface area contributed by atoms with Crippen molar-refractivity contribution in [3.8, 4) is 0 Å². The maximum absolute atomic E-state index is 13.1. The molecule has 1 saturated carbocycles. The molecule has 0 saturated heterocycles. The van der Waals surface area contributed by atoms with E-state index in [1.807, 2.05) is 0 Å². The molecular formula is C27H28O6. The van der Waals surface area contributed by atoms with Crippen LogP contribution in [0, 0.1) is 17.8 Å². The predicted molar refractivity (Wildman–Crippen MR) is 121 cm³/mol. The zero-order chi connectivity index (χ0) is 23.7. The molecule has 2 aliphatic rings. The lowest BCUT2D eigenvalue weighted by Gasteiger charge is -2.36. The second-order valence-corrected chi connectivity index (χ2v) is 9.36. The van der Waals surface area contributed by atoms with E-state index >= 15 is 0 Å². The lowest BCUT2D eigenvalue weighted by Crippen LogP contribution is -2.36. The molecule has 2 aliphatic carbocycles. The third-order valence-corrected chi connectivity index (χ3v) is 6.74. The van der Waals surface area contributed by atoms with E-state index in [1.165, 1.54) is 18.2 Å². The van der Waals surface area contributed by atoms with Gasteiger partial charge < -0.3 is 9.47 Å². The third kappa shape index (κ3) is 4.47. The van der Waals surface area contributed by atoms with Crippen molar-refractivity contribution in [3.63, 3.8) is 0 Å². The minimum atomic E-state index is -0.832. The Morgan fingerprint density at radius 3 is 2.30 bits per heavy atom. The maximum Gasteiger partial charge on any atom is 0.344 e. The van der Waals surface area contributed by atoms with Crippen molar-refractivity contribution in [3.05, 3.63) is 70.3 Å². The molecule has 0 radical (unpaired) electrons.